The van der Waals surface area contributed by atoms with Gasteiger partial charge in [-0.3, -0.25) is 0 Å². The van der Waals surface area contributed by atoms with Crippen LogP contribution in [0.4, 0.5) is 0 Å². The van der Waals surface area contributed by atoms with Crippen LogP contribution in [0, 0.1) is 5.41 Å². The first kappa shape index (κ1) is 15.8. The van der Waals surface area contributed by atoms with Crippen LogP contribution in [0.3, 0.4) is 0 Å². The van der Waals surface area contributed by atoms with Gasteiger partial charge in [-0.2, -0.15) is 0 Å². The summed E-state index contributed by atoms with van der Waals surface area (Å²) in [6.07, 6.45) is 5.70. The monoisotopic (exact) mass is 309 g/mol. The van der Waals surface area contributed by atoms with E-state index in [1.54, 1.807) is 12.3 Å². The quantitative estimate of drug-likeness (QED) is 0.626. The van der Waals surface area contributed by atoms with Gasteiger partial charge in [0.15, 0.2) is 0 Å². The van der Waals surface area contributed by atoms with E-state index in [0.717, 1.165) is 18.6 Å². The largest absolute Gasteiger partial charge is 0.490 e. The first-order valence-corrected chi connectivity index (χ1v) is 7.35. The summed E-state index contributed by atoms with van der Waals surface area (Å²) in [5.74, 6) is 0.629. The summed E-state index contributed by atoms with van der Waals surface area (Å²) >= 11 is 5.93. The van der Waals surface area contributed by atoms with E-state index >= 15 is 0 Å². The summed E-state index contributed by atoms with van der Waals surface area (Å²) in [5, 5.41) is 11.3. The number of allylic oxidation sites excluding steroid dienone is 1. The average molecular weight is 310 g/mol. The normalized spacial score (nSPS) is 18.9. The SMILES string of the molecule is CC(C)Oc1cc(Cl)ncc1/C(C=N)=C/NC1CCOC1. The molecule has 0 saturated carbocycles. The molecule has 0 amide bonds. The van der Waals surface area contributed by atoms with E-state index in [4.69, 9.17) is 26.5 Å². The summed E-state index contributed by atoms with van der Waals surface area (Å²) in [7, 11) is 0. The maximum absolute atomic E-state index is 7.62. The fourth-order valence-electron chi connectivity index (χ4n) is 2.05. The van der Waals surface area contributed by atoms with Crippen molar-refractivity contribution in [2.45, 2.75) is 32.4 Å². The van der Waals surface area contributed by atoms with Gasteiger partial charge in [-0.05, 0) is 20.3 Å². The zero-order valence-electron chi connectivity index (χ0n) is 12.2. The second-order valence-electron chi connectivity index (χ2n) is 5.14. The molecule has 21 heavy (non-hydrogen) atoms. The number of aromatic nitrogens is 1. The Hall–Kier alpha value is -1.59. The van der Waals surface area contributed by atoms with Gasteiger partial charge in [0.25, 0.3) is 0 Å². The maximum Gasteiger partial charge on any atom is 0.132 e. The van der Waals surface area contributed by atoms with Crippen molar-refractivity contribution in [3.05, 3.63) is 29.2 Å². The Kier molecular flexibility index (Phi) is 5.59. The molecule has 1 saturated heterocycles. The molecule has 1 aliphatic rings. The zero-order valence-corrected chi connectivity index (χ0v) is 13.0. The van der Waals surface area contributed by atoms with Gasteiger partial charge >= 0.3 is 0 Å². The molecule has 0 radical (unpaired) electrons. The van der Waals surface area contributed by atoms with Gasteiger partial charge in [-0.15, -0.1) is 0 Å². The number of hydrogen-bond acceptors (Lipinski definition) is 5. The number of nitrogens with zero attached hydrogens (tertiary/aromatic N) is 1. The molecule has 0 bridgehead atoms. The van der Waals surface area contributed by atoms with Crippen LogP contribution >= 0.6 is 11.6 Å². The van der Waals surface area contributed by atoms with Crippen molar-refractivity contribution in [3.8, 4) is 5.75 Å². The minimum atomic E-state index is 0.0189. The molecular formula is C15H20ClN3O2. The summed E-state index contributed by atoms with van der Waals surface area (Å²) in [4.78, 5) is 4.08. The Morgan fingerprint density at radius 2 is 2.43 bits per heavy atom. The highest BCUT2D eigenvalue weighted by molar-refractivity contribution is 6.29. The molecule has 1 aliphatic heterocycles. The molecule has 2 heterocycles. The molecular weight excluding hydrogens is 290 g/mol. The predicted octanol–water partition coefficient (Wildman–Crippen LogP) is 2.89. The molecule has 2 rings (SSSR count). The number of ether oxygens (including phenoxy) is 2. The lowest BCUT2D eigenvalue weighted by Crippen LogP contribution is -2.24. The van der Waals surface area contributed by atoms with Crippen LogP contribution in [0.1, 0.15) is 25.8 Å². The van der Waals surface area contributed by atoms with E-state index in [0.29, 0.717) is 23.1 Å². The lowest BCUT2D eigenvalue weighted by atomic mass is 10.1. The van der Waals surface area contributed by atoms with E-state index in [-0.39, 0.29) is 12.1 Å². The summed E-state index contributed by atoms with van der Waals surface area (Å²) in [5.41, 5.74) is 1.44. The van der Waals surface area contributed by atoms with Crippen LogP contribution in [0.15, 0.2) is 18.5 Å². The number of halogens is 1. The van der Waals surface area contributed by atoms with Gasteiger partial charge in [0, 0.05) is 42.4 Å². The summed E-state index contributed by atoms with van der Waals surface area (Å²) in [6.45, 7) is 5.35. The summed E-state index contributed by atoms with van der Waals surface area (Å²) in [6, 6.07) is 1.96. The van der Waals surface area contributed by atoms with Crippen molar-refractivity contribution in [3.63, 3.8) is 0 Å². The minimum Gasteiger partial charge on any atom is -0.490 e. The predicted molar refractivity (Wildman–Crippen MR) is 84.1 cm³/mol. The molecule has 1 aromatic rings. The highest BCUT2D eigenvalue weighted by Crippen LogP contribution is 2.27. The second kappa shape index (κ2) is 7.43. The third kappa shape index (κ3) is 4.44. The molecule has 1 atom stereocenters. The Labute approximate surface area is 129 Å². The Balaban J connectivity index is 2.23. The van der Waals surface area contributed by atoms with Crippen molar-refractivity contribution in [2.75, 3.05) is 13.2 Å². The lowest BCUT2D eigenvalue weighted by Gasteiger charge is -2.15. The van der Waals surface area contributed by atoms with Crippen molar-refractivity contribution in [1.29, 1.82) is 5.41 Å². The standard InChI is InChI=1S/C15H20ClN3O2/c1-10(2)21-14-5-15(16)19-8-13(14)11(6-17)7-18-12-3-4-20-9-12/h5-8,10,12,17-18H,3-4,9H2,1-2H3/b11-7+,17-6?. The molecule has 0 aromatic carbocycles. The van der Waals surface area contributed by atoms with E-state index in [9.17, 15) is 0 Å². The van der Waals surface area contributed by atoms with Gasteiger partial charge in [0.2, 0.25) is 0 Å². The van der Waals surface area contributed by atoms with Gasteiger partial charge in [0.1, 0.15) is 10.9 Å². The second-order valence-corrected chi connectivity index (χ2v) is 5.53. The van der Waals surface area contributed by atoms with Gasteiger partial charge < -0.3 is 20.2 Å². The van der Waals surface area contributed by atoms with Crippen molar-refractivity contribution < 1.29 is 9.47 Å². The number of nitrogens with one attached hydrogen (secondary N) is 2. The first-order valence-electron chi connectivity index (χ1n) is 6.97. The van der Waals surface area contributed by atoms with Crippen molar-refractivity contribution >= 4 is 23.4 Å². The van der Waals surface area contributed by atoms with E-state index in [1.807, 2.05) is 20.0 Å². The van der Waals surface area contributed by atoms with Gasteiger partial charge in [-0.25, -0.2) is 4.98 Å². The fraction of sp³-hybridized carbons (Fsp3) is 0.467. The lowest BCUT2D eigenvalue weighted by molar-refractivity contribution is 0.192. The van der Waals surface area contributed by atoms with Gasteiger partial charge in [0.05, 0.1) is 18.8 Å². The highest BCUT2D eigenvalue weighted by Gasteiger charge is 2.15. The molecule has 1 aromatic heterocycles. The van der Waals surface area contributed by atoms with E-state index in [2.05, 4.69) is 10.3 Å². The molecule has 1 unspecified atom stereocenters. The van der Waals surface area contributed by atoms with Crippen LogP contribution in [0.25, 0.3) is 5.57 Å². The Morgan fingerprint density at radius 3 is 3.05 bits per heavy atom. The molecule has 1 fully saturated rings. The Bertz CT molecular complexity index is 526. The first-order chi connectivity index (χ1) is 10.1. The molecule has 5 nitrogen and oxygen atoms in total. The number of pyridine rings is 1. The molecule has 0 spiro atoms. The van der Waals surface area contributed by atoms with E-state index in [1.165, 1.54) is 6.21 Å². The van der Waals surface area contributed by atoms with Crippen molar-refractivity contribution in [1.82, 2.24) is 10.3 Å². The van der Waals surface area contributed by atoms with Crippen LogP contribution in [0.2, 0.25) is 5.15 Å². The van der Waals surface area contributed by atoms with Crippen LogP contribution in [0.5, 0.6) is 5.75 Å². The van der Waals surface area contributed by atoms with Crippen LogP contribution in [-0.4, -0.2) is 36.6 Å². The topological polar surface area (TPSA) is 67.2 Å². The zero-order chi connectivity index (χ0) is 15.2. The average Bonchev–Trinajstić information content (AvgIpc) is 2.94. The fourth-order valence-corrected chi connectivity index (χ4v) is 2.20. The van der Waals surface area contributed by atoms with Crippen LogP contribution < -0.4 is 10.1 Å². The van der Waals surface area contributed by atoms with E-state index < -0.39 is 0 Å². The van der Waals surface area contributed by atoms with Crippen molar-refractivity contribution in [2.24, 2.45) is 0 Å². The summed E-state index contributed by atoms with van der Waals surface area (Å²) < 4.78 is 11.1. The molecule has 114 valence electrons. The number of rotatable bonds is 6. The minimum absolute atomic E-state index is 0.0189. The highest BCUT2D eigenvalue weighted by atomic mass is 35.5. The van der Waals surface area contributed by atoms with Gasteiger partial charge in [-0.1, -0.05) is 11.6 Å². The molecule has 0 aliphatic carbocycles. The third-order valence-electron chi connectivity index (χ3n) is 3.07. The molecule has 6 heteroatoms. The number of hydrogen-bond donors (Lipinski definition) is 2. The smallest absolute Gasteiger partial charge is 0.132 e. The maximum atomic E-state index is 7.62. The van der Waals surface area contributed by atoms with Crippen LogP contribution in [-0.2, 0) is 4.74 Å². The Morgan fingerprint density at radius 1 is 1.62 bits per heavy atom. The third-order valence-corrected chi connectivity index (χ3v) is 3.27. The molecule has 2 N–H and O–H groups in total.